The van der Waals surface area contributed by atoms with Gasteiger partial charge in [0.15, 0.2) is 6.10 Å². The lowest BCUT2D eigenvalue weighted by molar-refractivity contribution is -0.225. The van der Waals surface area contributed by atoms with Crippen LogP contribution in [0.4, 0.5) is 10.1 Å². The highest BCUT2D eigenvalue weighted by Crippen LogP contribution is 2.46. The van der Waals surface area contributed by atoms with Crippen LogP contribution in [0.3, 0.4) is 0 Å². The maximum absolute atomic E-state index is 15.7. The third-order valence-corrected chi connectivity index (χ3v) is 7.47. The minimum atomic E-state index is -2.21. The van der Waals surface area contributed by atoms with Crippen molar-refractivity contribution in [3.05, 3.63) is 88.5 Å². The third-order valence-electron chi connectivity index (χ3n) is 7.26. The van der Waals surface area contributed by atoms with E-state index >= 15 is 4.39 Å². The van der Waals surface area contributed by atoms with Gasteiger partial charge in [-0.3, -0.25) is 9.59 Å². The van der Waals surface area contributed by atoms with Gasteiger partial charge in [-0.15, -0.1) is 0 Å². The van der Waals surface area contributed by atoms with Crippen LogP contribution >= 0.6 is 11.6 Å². The summed E-state index contributed by atoms with van der Waals surface area (Å²) >= 11 is 6.34. The number of anilines is 1. The predicted molar refractivity (Wildman–Crippen MR) is 144 cm³/mol. The topological polar surface area (TPSA) is 164 Å². The number of carbonyl (C=O) groups is 3. The molecule has 2 aromatic carbocycles. The molecule has 3 unspecified atom stereocenters. The lowest BCUT2D eigenvalue weighted by Crippen LogP contribution is -2.72. The van der Waals surface area contributed by atoms with Gasteiger partial charge in [-0.1, -0.05) is 41.0 Å². The Morgan fingerprint density at radius 2 is 1.95 bits per heavy atom. The summed E-state index contributed by atoms with van der Waals surface area (Å²) in [5.41, 5.74) is 4.85. The van der Waals surface area contributed by atoms with Crippen LogP contribution in [0.25, 0.3) is 11.4 Å². The number of halogens is 2. The molecule has 4 aromatic rings. The fourth-order valence-electron chi connectivity index (χ4n) is 5.36. The van der Waals surface area contributed by atoms with Gasteiger partial charge in [0.25, 0.3) is 11.8 Å². The monoisotopic (exact) mass is 592 g/mol. The maximum Gasteiger partial charge on any atom is 0.342 e. The average Bonchev–Trinajstić information content (AvgIpc) is 3.57. The molecule has 3 atom stereocenters. The van der Waals surface area contributed by atoms with Crippen molar-refractivity contribution in [2.45, 2.75) is 37.5 Å². The molecule has 12 nitrogen and oxygen atoms in total. The van der Waals surface area contributed by atoms with E-state index in [9.17, 15) is 14.4 Å². The summed E-state index contributed by atoms with van der Waals surface area (Å²) in [4.78, 5) is 53.6. The molecule has 214 valence electrons. The largest absolute Gasteiger partial charge is 0.439 e. The Hall–Kier alpha value is -4.75. The van der Waals surface area contributed by atoms with Crippen LogP contribution in [0.2, 0.25) is 5.02 Å². The van der Waals surface area contributed by atoms with Crippen LogP contribution in [0.15, 0.2) is 59.6 Å². The number of nitrogens with zero attached hydrogens (tertiary/aromatic N) is 5. The van der Waals surface area contributed by atoms with E-state index in [1.807, 2.05) is 24.3 Å². The van der Waals surface area contributed by atoms with E-state index in [0.29, 0.717) is 12.8 Å². The number of carbonyl (C=O) groups excluding carboxylic acids is 3. The molecular weight excluding hydrogens is 571 g/mol. The Balaban J connectivity index is 1.55. The molecule has 2 N–H and O–H groups in total. The second-order valence-corrected chi connectivity index (χ2v) is 10.3. The number of hydrogen-bond acceptors (Lipinski definition) is 10. The van der Waals surface area contributed by atoms with Crippen molar-refractivity contribution in [3.63, 3.8) is 0 Å². The number of primary amides is 1. The van der Waals surface area contributed by atoms with Crippen molar-refractivity contribution < 1.29 is 32.8 Å². The fourth-order valence-corrected chi connectivity index (χ4v) is 5.56. The molecule has 1 saturated heterocycles. The van der Waals surface area contributed by atoms with Gasteiger partial charge < -0.3 is 24.6 Å². The molecule has 2 amide bonds. The van der Waals surface area contributed by atoms with Gasteiger partial charge >= 0.3 is 5.97 Å². The van der Waals surface area contributed by atoms with E-state index in [2.05, 4.69) is 20.1 Å². The number of aryl methyl sites for hydroxylation is 2. The van der Waals surface area contributed by atoms with Crippen LogP contribution in [0, 0.1) is 12.7 Å². The molecule has 6 rings (SSSR count). The molecular formula is C28H22ClFN6O6. The average molecular weight is 593 g/mol. The van der Waals surface area contributed by atoms with Gasteiger partial charge in [-0.2, -0.15) is 4.98 Å². The molecule has 14 heteroatoms. The number of nitrogens with two attached hydrogens (primary N) is 1. The zero-order chi connectivity index (χ0) is 29.6. The first kappa shape index (κ1) is 27.4. The first-order valence-corrected chi connectivity index (χ1v) is 13.2. The van der Waals surface area contributed by atoms with Gasteiger partial charge in [0.05, 0.1) is 22.9 Å². The molecule has 2 aromatic heterocycles. The highest BCUT2D eigenvalue weighted by molar-refractivity contribution is 6.31. The smallest absolute Gasteiger partial charge is 0.342 e. The fraction of sp³-hybridized carbons (Fsp3) is 0.250. The molecule has 42 heavy (non-hydrogen) atoms. The molecule has 0 radical (unpaired) electrons. The number of ether oxygens (including phenoxy) is 2. The second kappa shape index (κ2) is 10.6. The van der Waals surface area contributed by atoms with Crippen molar-refractivity contribution in [1.82, 2.24) is 20.1 Å². The van der Waals surface area contributed by atoms with E-state index in [4.69, 9.17) is 31.3 Å². The minimum absolute atomic E-state index is 0.0268. The summed E-state index contributed by atoms with van der Waals surface area (Å²) in [6, 6.07) is 9.19. The van der Waals surface area contributed by atoms with Crippen molar-refractivity contribution >= 4 is 35.1 Å². The SMILES string of the molecule is Cc1nc(-c2c(F)cc(Cl)cc2N(C(=O)C2(OC(=O)c3cncnc3)COC2C(N)=O)C2CCc3ccccc32)no1. The van der Waals surface area contributed by atoms with Crippen LogP contribution < -0.4 is 10.6 Å². The summed E-state index contributed by atoms with van der Waals surface area (Å²) in [6.07, 6.45) is 2.97. The molecule has 2 aliphatic rings. The summed E-state index contributed by atoms with van der Waals surface area (Å²) in [5.74, 6) is -3.71. The highest BCUT2D eigenvalue weighted by Gasteiger charge is 2.63. The number of fused-ring (bicyclic) bond motifs is 1. The molecule has 3 heterocycles. The summed E-state index contributed by atoms with van der Waals surface area (Å²) in [7, 11) is 0. The van der Waals surface area contributed by atoms with Crippen molar-refractivity contribution in [1.29, 1.82) is 0 Å². The predicted octanol–water partition coefficient (Wildman–Crippen LogP) is 3.13. The van der Waals surface area contributed by atoms with Crippen molar-refractivity contribution in [2.75, 3.05) is 11.5 Å². The van der Waals surface area contributed by atoms with Gasteiger partial charge in [-0.25, -0.2) is 19.2 Å². The molecule has 0 spiro atoms. The van der Waals surface area contributed by atoms with E-state index in [1.165, 1.54) is 36.6 Å². The van der Waals surface area contributed by atoms with E-state index in [1.54, 1.807) is 0 Å². The number of hydrogen-bond donors (Lipinski definition) is 1. The molecule has 1 aliphatic carbocycles. The lowest BCUT2D eigenvalue weighted by atomic mass is 9.87. The lowest BCUT2D eigenvalue weighted by Gasteiger charge is -2.47. The Kier molecular flexibility index (Phi) is 6.91. The van der Waals surface area contributed by atoms with Crippen LogP contribution in [-0.2, 0) is 25.5 Å². The Morgan fingerprint density at radius 3 is 2.62 bits per heavy atom. The zero-order valence-electron chi connectivity index (χ0n) is 22.0. The van der Waals surface area contributed by atoms with Gasteiger partial charge in [0.2, 0.25) is 17.3 Å². The highest BCUT2D eigenvalue weighted by atomic mass is 35.5. The zero-order valence-corrected chi connectivity index (χ0v) is 22.7. The van der Waals surface area contributed by atoms with Crippen molar-refractivity contribution in [3.8, 4) is 11.4 Å². The van der Waals surface area contributed by atoms with Gasteiger partial charge in [0, 0.05) is 24.3 Å². The van der Waals surface area contributed by atoms with E-state index in [-0.39, 0.29) is 33.6 Å². The molecule has 1 aliphatic heterocycles. The van der Waals surface area contributed by atoms with Crippen LogP contribution in [0.1, 0.15) is 39.8 Å². The maximum atomic E-state index is 15.7. The molecule has 0 bridgehead atoms. The van der Waals surface area contributed by atoms with E-state index in [0.717, 1.165) is 17.2 Å². The first-order valence-electron chi connectivity index (χ1n) is 12.8. The Labute approximate surface area is 242 Å². The second-order valence-electron chi connectivity index (χ2n) is 9.85. The normalized spacial score (nSPS) is 20.8. The summed E-state index contributed by atoms with van der Waals surface area (Å²) in [5, 5.41) is 3.84. The Bertz CT molecular complexity index is 1720. The van der Waals surface area contributed by atoms with Gasteiger partial charge in [0.1, 0.15) is 18.8 Å². The third kappa shape index (κ3) is 4.56. The molecule has 1 fully saturated rings. The minimum Gasteiger partial charge on any atom is -0.439 e. The number of rotatable bonds is 7. The first-order chi connectivity index (χ1) is 20.2. The Morgan fingerprint density at radius 1 is 1.19 bits per heavy atom. The summed E-state index contributed by atoms with van der Waals surface area (Å²) in [6.45, 7) is 1.04. The number of aromatic nitrogens is 4. The van der Waals surface area contributed by atoms with E-state index < -0.39 is 48.0 Å². The van der Waals surface area contributed by atoms with Gasteiger partial charge in [-0.05, 0) is 36.1 Å². The quantitative estimate of drug-likeness (QED) is 0.315. The summed E-state index contributed by atoms with van der Waals surface area (Å²) < 4.78 is 31.9. The van der Waals surface area contributed by atoms with Crippen LogP contribution in [-0.4, -0.2) is 56.2 Å². The number of benzene rings is 2. The standard InChI is InChI=1S/C28H22ClFN6O6/c1-14-34-25(35-42-14)22-19(30)8-17(29)9-21(22)36(20-7-6-15-4-2-3-5-18(15)20)27(39)28(12-40-23(28)24(31)37)41-26(38)16-10-32-13-33-11-16/h2-5,8-11,13,20,23H,6-7,12H2,1H3,(H2,31,37). The number of esters is 1. The molecule has 0 saturated carbocycles. The van der Waals surface area contributed by atoms with Crippen molar-refractivity contribution in [2.24, 2.45) is 5.73 Å². The van der Waals surface area contributed by atoms with Crippen LogP contribution in [0.5, 0.6) is 0 Å². The number of amides is 2.